The molecule has 0 aliphatic rings. The first kappa shape index (κ1) is 13.2. The lowest BCUT2D eigenvalue weighted by Gasteiger charge is -2.17. The van der Waals surface area contributed by atoms with E-state index in [0.29, 0.717) is 5.69 Å². The Labute approximate surface area is 114 Å². The number of rotatable bonds is 3. The Morgan fingerprint density at radius 1 is 1.11 bits per heavy atom. The van der Waals surface area contributed by atoms with Crippen LogP contribution in [0.5, 0.6) is 0 Å². The molecule has 19 heavy (non-hydrogen) atoms. The summed E-state index contributed by atoms with van der Waals surface area (Å²) in [7, 11) is 4.08. The molecule has 0 amide bonds. The summed E-state index contributed by atoms with van der Waals surface area (Å²) in [5.41, 5.74) is 11.0. The lowest BCUT2D eigenvalue weighted by Crippen LogP contribution is -2.10. The number of hydrogen-bond acceptors (Lipinski definition) is 4. The van der Waals surface area contributed by atoms with Crippen LogP contribution in [0.4, 0.5) is 22.9 Å². The number of nitrogens with two attached hydrogens (primary N) is 1. The van der Waals surface area contributed by atoms with Crippen LogP contribution >= 0.6 is 0 Å². The molecule has 0 unspecified atom stereocenters. The zero-order valence-electron chi connectivity index (χ0n) is 11.9. The maximum atomic E-state index is 5.77. The highest BCUT2D eigenvalue weighted by Crippen LogP contribution is 2.25. The molecule has 1 aromatic carbocycles. The third-order valence-electron chi connectivity index (χ3n) is 3.11. The van der Waals surface area contributed by atoms with Crippen molar-refractivity contribution < 1.29 is 0 Å². The highest BCUT2D eigenvalue weighted by atomic mass is 15.1. The second kappa shape index (κ2) is 5.18. The molecule has 0 bridgehead atoms. The molecule has 0 radical (unpaired) electrons. The standard InChI is InChI=1S/C15H20N4/c1-10-5-6-12(8-14(10)19(3)4)18-15-7-11(2)13(16)9-17-15/h5-9H,16H2,1-4H3,(H,17,18). The predicted molar refractivity (Wildman–Crippen MR) is 82.2 cm³/mol. The van der Waals surface area contributed by atoms with Gasteiger partial charge in [-0.25, -0.2) is 4.98 Å². The van der Waals surface area contributed by atoms with Gasteiger partial charge in [-0.1, -0.05) is 6.07 Å². The van der Waals surface area contributed by atoms with Gasteiger partial charge in [-0.3, -0.25) is 0 Å². The van der Waals surface area contributed by atoms with E-state index in [2.05, 4.69) is 40.3 Å². The second-order valence-electron chi connectivity index (χ2n) is 4.95. The van der Waals surface area contributed by atoms with Crippen LogP contribution in [0.15, 0.2) is 30.5 Å². The molecule has 4 nitrogen and oxygen atoms in total. The van der Waals surface area contributed by atoms with Crippen molar-refractivity contribution in [3.8, 4) is 0 Å². The average molecular weight is 256 g/mol. The summed E-state index contributed by atoms with van der Waals surface area (Å²) in [6, 6.07) is 8.21. The van der Waals surface area contributed by atoms with Crippen molar-refractivity contribution in [2.24, 2.45) is 0 Å². The Kier molecular flexibility index (Phi) is 3.60. The molecule has 0 saturated heterocycles. The minimum atomic E-state index is 0.712. The van der Waals surface area contributed by atoms with Gasteiger partial charge in [0.25, 0.3) is 0 Å². The van der Waals surface area contributed by atoms with E-state index in [4.69, 9.17) is 5.73 Å². The highest BCUT2D eigenvalue weighted by Gasteiger charge is 2.04. The van der Waals surface area contributed by atoms with Crippen LogP contribution in [-0.2, 0) is 0 Å². The van der Waals surface area contributed by atoms with Crippen molar-refractivity contribution in [3.63, 3.8) is 0 Å². The molecule has 3 N–H and O–H groups in total. The van der Waals surface area contributed by atoms with Crippen molar-refractivity contribution in [1.29, 1.82) is 0 Å². The van der Waals surface area contributed by atoms with Gasteiger partial charge in [0.1, 0.15) is 5.82 Å². The van der Waals surface area contributed by atoms with Crippen LogP contribution in [-0.4, -0.2) is 19.1 Å². The zero-order valence-corrected chi connectivity index (χ0v) is 11.9. The Balaban J connectivity index is 2.28. The molecule has 1 heterocycles. The topological polar surface area (TPSA) is 54.2 Å². The Morgan fingerprint density at radius 3 is 2.47 bits per heavy atom. The molecule has 2 rings (SSSR count). The third-order valence-corrected chi connectivity index (χ3v) is 3.11. The van der Waals surface area contributed by atoms with E-state index in [0.717, 1.165) is 17.1 Å². The summed E-state index contributed by atoms with van der Waals surface area (Å²) >= 11 is 0. The number of pyridine rings is 1. The fourth-order valence-corrected chi connectivity index (χ4v) is 1.95. The summed E-state index contributed by atoms with van der Waals surface area (Å²) in [5, 5.41) is 3.30. The highest BCUT2D eigenvalue weighted by molar-refractivity contribution is 5.66. The van der Waals surface area contributed by atoms with E-state index >= 15 is 0 Å². The lowest BCUT2D eigenvalue weighted by molar-refractivity contribution is 1.11. The van der Waals surface area contributed by atoms with E-state index in [1.54, 1.807) is 6.20 Å². The van der Waals surface area contributed by atoms with E-state index in [1.807, 2.05) is 27.1 Å². The predicted octanol–water partition coefficient (Wildman–Crippen LogP) is 3.09. The summed E-state index contributed by atoms with van der Waals surface area (Å²) in [4.78, 5) is 6.38. The first-order valence-electron chi connectivity index (χ1n) is 6.24. The molecule has 0 aliphatic carbocycles. The summed E-state index contributed by atoms with van der Waals surface area (Å²) < 4.78 is 0. The van der Waals surface area contributed by atoms with Gasteiger partial charge in [-0.2, -0.15) is 0 Å². The molecule has 100 valence electrons. The quantitative estimate of drug-likeness (QED) is 0.886. The van der Waals surface area contributed by atoms with Gasteiger partial charge in [0.15, 0.2) is 0 Å². The maximum absolute atomic E-state index is 5.77. The first-order chi connectivity index (χ1) is 8.97. The van der Waals surface area contributed by atoms with Gasteiger partial charge < -0.3 is 16.0 Å². The van der Waals surface area contributed by atoms with Crippen molar-refractivity contribution >= 4 is 22.9 Å². The fraction of sp³-hybridized carbons (Fsp3) is 0.267. The normalized spacial score (nSPS) is 10.3. The zero-order chi connectivity index (χ0) is 14.0. The van der Waals surface area contributed by atoms with Crippen LogP contribution in [0.25, 0.3) is 0 Å². The molecule has 0 saturated carbocycles. The Bertz CT molecular complexity index is 591. The van der Waals surface area contributed by atoms with E-state index in [1.165, 1.54) is 11.3 Å². The number of nitrogens with zero attached hydrogens (tertiary/aromatic N) is 2. The van der Waals surface area contributed by atoms with Gasteiger partial charge in [0.2, 0.25) is 0 Å². The van der Waals surface area contributed by atoms with E-state index in [-0.39, 0.29) is 0 Å². The molecule has 0 fully saturated rings. The largest absolute Gasteiger partial charge is 0.397 e. The number of anilines is 4. The Hall–Kier alpha value is -2.23. The molecule has 1 aromatic heterocycles. The fourth-order valence-electron chi connectivity index (χ4n) is 1.95. The van der Waals surface area contributed by atoms with Gasteiger partial charge in [0.05, 0.1) is 11.9 Å². The van der Waals surface area contributed by atoms with Gasteiger partial charge in [0, 0.05) is 25.5 Å². The molecule has 0 spiro atoms. The van der Waals surface area contributed by atoms with E-state index in [9.17, 15) is 0 Å². The second-order valence-corrected chi connectivity index (χ2v) is 4.95. The van der Waals surface area contributed by atoms with Gasteiger partial charge >= 0.3 is 0 Å². The Morgan fingerprint density at radius 2 is 1.84 bits per heavy atom. The molecular weight excluding hydrogens is 236 g/mol. The average Bonchev–Trinajstić information content (AvgIpc) is 2.36. The smallest absolute Gasteiger partial charge is 0.130 e. The monoisotopic (exact) mass is 256 g/mol. The third kappa shape index (κ3) is 2.96. The summed E-state index contributed by atoms with van der Waals surface area (Å²) in [5.74, 6) is 0.806. The number of aromatic nitrogens is 1. The van der Waals surface area contributed by atoms with Crippen molar-refractivity contribution in [1.82, 2.24) is 4.98 Å². The minimum absolute atomic E-state index is 0.712. The summed E-state index contributed by atoms with van der Waals surface area (Å²) in [6.45, 7) is 4.08. The SMILES string of the molecule is Cc1cc(Nc2ccc(C)c(N(C)C)c2)ncc1N. The molecule has 0 atom stereocenters. The van der Waals surface area contributed by atoms with Crippen LogP contribution in [0, 0.1) is 13.8 Å². The lowest BCUT2D eigenvalue weighted by atomic mass is 10.1. The van der Waals surface area contributed by atoms with Crippen LogP contribution in [0.1, 0.15) is 11.1 Å². The molecular formula is C15H20N4. The molecule has 4 heteroatoms. The number of nitrogens with one attached hydrogen (secondary N) is 1. The van der Waals surface area contributed by atoms with Crippen molar-refractivity contribution in [2.45, 2.75) is 13.8 Å². The number of benzene rings is 1. The summed E-state index contributed by atoms with van der Waals surface area (Å²) in [6.07, 6.45) is 1.68. The van der Waals surface area contributed by atoms with E-state index < -0.39 is 0 Å². The number of aryl methyl sites for hydroxylation is 2. The number of hydrogen-bond donors (Lipinski definition) is 2. The van der Waals surface area contributed by atoms with Crippen LogP contribution in [0.2, 0.25) is 0 Å². The van der Waals surface area contributed by atoms with Crippen LogP contribution in [0.3, 0.4) is 0 Å². The van der Waals surface area contributed by atoms with Crippen molar-refractivity contribution in [3.05, 3.63) is 41.6 Å². The molecule has 2 aromatic rings. The minimum Gasteiger partial charge on any atom is -0.397 e. The van der Waals surface area contributed by atoms with Crippen LogP contribution < -0.4 is 16.0 Å². The van der Waals surface area contributed by atoms with Gasteiger partial charge in [-0.05, 0) is 43.2 Å². The van der Waals surface area contributed by atoms with Gasteiger partial charge in [-0.15, -0.1) is 0 Å². The first-order valence-corrected chi connectivity index (χ1v) is 6.24. The molecule has 0 aliphatic heterocycles. The maximum Gasteiger partial charge on any atom is 0.130 e. The number of nitrogen functional groups attached to an aromatic ring is 1. The van der Waals surface area contributed by atoms with Crippen molar-refractivity contribution in [2.75, 3.05) is 30.0 Å².